The first-order chi connectivity index (χ1) is 9.54. The normalized spacial score (nSPS) is 26.0. The predicted molar refractivity (Wildman–Crippen MR) is 76.6 cm³/mol. The largest absolute Gasteiger partial charge is 0.302 e. The maximum absolute atomic E-state index is 12.1. The highest BCUT2D eigenvalue weighted by molar-refractivity contribution is 6.30. The van der Waals surface area contributed by atoms with Gasteiger partial charge in [-0.2, -0.15) is 0 Å². The first kappa shape index (κ1) is 13.6. The summed E-state index contributed by atoms with van der Waals surface area (Å²) in [5.74, 6) is -0.204. The number of carbonyl (C=O) groups is 2. The number of benzene rings is 1. The average molecular weight is 293 g/mol. The number of fused-ring (bicyclic) bond motifs is 1. The van der Waals surface area contributed by atoms with Gasteiger partial charge >= 0.3 is 0 Å². The quantitative estimate of drug-likeness (QED) is 0.841. The monoisotopic (exact) mass is 292 g/mol. The second-order valence-corrected chi connectivity index (χ2v) is 6.00. The number of hydrogen-bond donors (Lipinski definition) is 1. The smallest absolute Gasteiger partial charge is 0.246 e. The fraction of sp³-hybridized carbons (Fsp3) is 0.467. The molecule has 0 bridgehead atoms. The minimum atomic E-state index is -0.243. The van der Waals surface area contributed by atoms with Gasteiger partial charge in [-0.05, 0) is 42.5 Å². The van der Waals surface area contributed by atoms with Crippen LogP contribution in [0, 0.1) is 0 Å². The minimum Gasteiger partial charge on any atom is -0.302 e. The van der Waals surface area contributed by atoms with Gasteiger partial charge in [0.1, 0.15) is 0 Å². The molecule has 1 aliphatic heterocycles. The fourth-order valence-electron chi connectivity index (χ4n) is 3.06. The van der Waals surface area contributed by atoms with Crippen molar-refractivity contribution >= 4 is 23.4 Å². The Kier molecular flexibility index (Phi) is 3.52. The number of nitrogens with one attached hydrogen (secondary N) is 1. The summed E-state index contributed by atoms with van der Waals surface area (Å²) >= 11 is 6.00. The molecule has 2 amide bonds. The van der Waals surface area contributed by atoms with E-state index in [9.17, 15) is 9.59 Å². The van der Waals surface area contributed by atoms with Crippen LogP contribution < -0.4 is 5.32 Å². The van der Waals surface area contributed by atoms with Crippen molar-refractivity contribution in [3.8, 4) is 0 Å². The van der Waals surface area contributed by atoms with Crippen LogP contribution in [-0.4, -0.2) is 35.8 Å². The summed E-state index contributed by atoms with van der Waals surface area (Å²) in [5, 5.41) is 4.15. The molecule has 1 aliphatic carbocycles. The number of piperidine rings is 1. The molecule has 0 aromatic heterocycles. The molecule has 1 N–H and O–H groups in total. The van der Waals surface area contributed by atoms with Gasteiger partial charge in [0, 0.05) is 24.5 Å². The molecule has 1 heterocycles. The van der Waals surface area contributed by atoms with Gasteiger partial charge in [-0.3, -0.25) is 14.5 Å². The van der Waals surface area contributed by atoms with Gasteiger partial charge in [-0.15, -0.1) is 0 Å². The van der Waals surface area contributed by atoms with Gasteiger partial charge in [0.25, 0.3) is 0 Å². The van der Waals surface area contributed by atoms with Gasteiger partial charge in [-0.1, -0.05) is 17.7 Å². The summed E-state index contributed by atoms with van der Waals surface area (Å²) < 4.78 is 0. The zero-order chi connectivity index (χ0) is 14.3. The molecule has 0 radical (unpaired) electrons. The molecular weight excluding hydrogens is 276 g/mol. The summed E-state index contributed by atoms with van der Waals surface area (Å²) in [5.41, 5.74) is 2.54. The van der Waals surface area contributed by atoms with Crippen molar-refractivity contribution in [2.45, 2.75) is 37.8 Å². The van der Waals surface area contributed by atoms with Crippen LogP contribution in [0.3, 0.4) is 0 Å². The van der Waals surface area contributed by atoms with Crippen molar-refractivity contribution in [1.29, 1.82) is 0 Å². The second-order valence-electron chi connectivity index (χ2n) is 5.57. The molecule has 1 saturated heterocycles. The van der Waals surface area contributed by atoms with E-state index in [1.165, 1.54) is 16.0 Å². The number of hydrogen-bond acceptors (Lipinski definition) is 3. The molecule has 0 saturated carbocycles. The van der Waals surface area contributed by atoms with Crippen LogP contribution in [0.2, 0.25) is 5.02 Å². The van der Waals surface area contributed by atoms with Crippen molar-refractivity contribution in [1.82, 2.24) is 10.2 Å². The van der Waals surface area contributed by atoms with Crippen molar-refractivity contribution in [3.05, 3.63) is 34.3 Å². The summed E-state index contributed by atoms with van der Waals surface area (Å²) in [7, 11) is 1.56. The van der Waals surface area contributed by atoms with Crippen molar-refractivity contribution in [2.75, 3.05) is 7.05 Å². The predicted octanol–water partition coefficient (Wildman–Crippen LogP) is 1.54. The Labute approximate surface area is 123 Å². The lowest BCUT2D eigenvalue weighted by Gasteiger charge is -2.30. The lowest BCUT2D eigenvalue weighted by Crippen LogP contribution is -2.54. The van der Waals surface area contributed by atoms with E-state index in [2.05, 4.69) is 11.4 Å². The lowest BCUT2D eigenvalue weighted by atomic mass is 10.0. The van der Waals surface area contributed by atoms with E-state index >= 15 is 0 Å². The number of imide groups is 1. The van der Waals surface area contributed by atoms with E-state index in [-0.39, 0.29) is 23.9 Å². The number of carbonyl (C=O) groups excluding carboxylic acids is 2. The molecule has 20 heavy (non-hydrogen) atoms. The van der Waals surface area contributed by atoms with Crippen LogP contribution in [-0.2, 0) is 22.4 Å². The molecule has 0 spiro atoms. The maximum Gasteiger partial charge on any atom is 0.246 e. The highest BCUT2D eigenvalue weighted by atomic mass is 35.5. The number of halogens is 1. The van der Waals surface area contributed by atoms with E-state index in [0.717, 1.165) is 17.9 Å². The third-order valence-corrected chi connectivity index (χ3v) is 4.42. The first-order valence-electron chi connectivity index (χ1n) is 6.88. The standard InChI is InChI=1S/C15H17ClN2O2/c1-18-14(19)5-4-13(15(18)20)17-12-7-9-2-3-11(16)6-10(9)8-12/h2-3,6,12-13,17H,4-5,7-8H2,1H3. The molecule has 1 fully saturated rings. The summed E-state index contributed by atoms with van der Waals surface area (Å²) in [4.78, 5) is 24.8. The topological polar surface area (TPSA) is 49.4 Å². The Hall–Kier alpha value is -1.39. The summed E-state index contributed by atoms with van der Waals surface area (Å²) in [6.07, 6.45) is 2.83. The van der Waals surface area contributed by atoms with Crippen LogP contribution in [0.5, 0.6) is 0 Å². The van der Waals surface area contributed by atoms with Crippen LogP contribution >= 0.6 is 11.6 Å². The SMILES string of the molecule is CN1C(=O)CCC(NC2Cc3ccc(Cl)cc3C2)C1=O. The zero-order valence-electron chi connectivity index (χ0n) is 11.4. The van der Waals surface area contributed by atoms with Gasteiger partial charge in [0.2, 0.25) is 11.8 Å². The zero-order valence-corrected chi connectivity index (χ0v) is 12.1. The molecule has 3 rings (SSSR count). The Morgan fingerprint density at radius 1 is 1.25 bits per heavy atom. The Morgan fingerprint density at radius 3 is 2.80 bits per heavy atom. The number of likely N-dealkylation sites (tertiary alicyclic amines) is 1. The van der Waals surface area contributed by atoms with E-state index in [0.29, 0.717) is 12.8 Å². The molecule has 4 nitrogen and oxygen atoms in total. The van der Waals surface area contributed by atoms with Crippen molar-refractivity contribution in [3.63, 3.8) is 0 Å². The number of likely N-dealkylation sites (N-methyl/N-ethyl adjacent to an activating group) is 1. The molecule has 106 valence electrons. The van der Waals surface area contributed by atoms with E-state index in [4.69, 9.17) is 11.6 Å². The molecular formula is C15H17ClN2O2. The molecule has 2 atom stereocenters. The summed E-state index contributed by atoms with van der Waals surface area (Å²) in [6, 6.07) is 5.96. The number of amides is 2. The highest BCUT2D eigenvalue weighted by Gasteiger charge is 2.34. The van der Waals surface area contributed by atoms with Gasteiger partial charge < -0.3 is 5.32 Å². The van der Waals surface area contributed by atoms with E-state index in [1.807, 2.05) is 12.1 Å². The Morgan fingerprint density at radius 2 is 2.00 bits per heavy atom. The first-order valence-corrected chi connectivity index (χ1v) is 7.26. The van der Waals surface area contributed by atoms with E-state index in [1.54, 1.807) is 7.05 Å². The van der Waals surface area contributed by atoms with Crippen molar-refractivity contribution in [2.24, 2.45) is 0 Å². The van der Waals surface area contributed by atoms with Crippen LogP contribution in [0.15, 0.2) is 18.2 Å². The van der Waals surface area contributed by atoms with E-state index < -0.39 is 0 Å². The molecule has 1 aromatic carbocycles. The van der Waals surface area contributed by atoms with Crippen LogP contribution in [0.25, 0.3) is 0 Å². The van der Waals surface area contributed by atoms with Gasteiger partial charge in [0.05, 0.1) is 6.04 Å². The lowest BCUT2D eigenvalue weighted by molar-refractivity contribution is -0.148. The van der Waals surface area contributed by atoms with Crippen molar-refractivity contribution < 1.29 is 9.59 Å². The molecule has 5 heteroatoms. The summed E-state index contributed by atoms with van der Waals surface area (Å²) in [6.45, 7) is 0. The molecule has 2 aliphatic rings. The molecule has 2 unspecified atom stereocenters. The third kappa shape index (κ3) is 2.45. The van der Waals surface area contributed by atoms with Gasteiger partial charge in [-0.25, -0.2) is 0 Å². The third-order valence-electron chi connectivity index (χ3n) is 4.19. The van der Waals surface area contributed by atoms with Crippen LogP contribution in [0.1, 0.15) is 24.0 Å². The average Bonchev–Trinajstić information content (AvgIpc) is 2.81. The number of nitrogens with zero attached hydrogens (tertiary/aromatic N) is 1. The van der Waals surface area contributed by atoms with Crippen LogP contribution in [0.4, 0.5) is 0 Å². The highest BCUT2D eigenvalue weighted by Crippen LogP contribution is 2.26. The number of rotatable bonds is 2. The fourth-order valence-corrected chi connectivity index (χ4v) is 3.25. The second kappa shape index (κ2) is 5.19. The Balaban J connectivity index is 1.66. The Bertz CT molecular complexity index is 573. The minimum absolute atomic E-state index is 0.0884. The van der Waals surface area contributed by atoms with Gasteiger partial charge in [0.15, 0.2) is 0 Å². The molecule has 1 aromatic rings. The maximum atomic E-state index is 12.1.